The van der Waals surface area contributed by atoms with Crippen molar-refractivity contribution in [1.29, 1.82) is 0 Å². The van der Waals surface area contributed by atoms with E-state index in [2.05, 4.69) is 22.1 Å². The topological polar surface area (TPSA) is 115 Å². The van der Waals surface area contributed by atoms with Crippen molar-refractivity contribution < 1.29 is 24.5 Å². The lowest BCUT2D eigenvalue weighted by Gasteiger charge is -2.37. The molecule has 35 heavy (non-hydrogen) atoms. The summed E-state index contributed by atoms with van der Waals surface area (Å²) in [6.45, 7) is 7.99. The first-order valence-corrected chi connectivity index (χ1v) is 12.4. The predicted octanol–water partition coefficient (Wildman–Crippen LogP) is 2.01. The van der Waals surface area contributed by atoms with Gasteiger partial charge in [0, 0.05) is 37.3 Å². The third-order valence-electron chi connectivity index (χ3n) is 6.60. The van der Waals surface area contributed by atoms with E-state index in [1.54, 1.807) is 29.8 Å². The first-order chi connectivity index (χ1) is 16.5. The Morgan fingerprint density at radius 1 is 1.37 bits per heavy atom. The molecule has 192 valence electrons. The molecule has 0 radical (unpaired) electrons. The Morgan fingerprint density at radius 3 is 2.69 bits per heavy atom. The van der Waals surface area contributed by atoms with E-state index in [0.717, 1.165) is 12.8 Å². The van der Waals surface area contributed by atoms with Gasteiger partial charge in [-0.15, -0.1) is 0 Å². The van der Waals surface area contributed by atoms with Gasteiger partial charge >= 0.3 is 6.03 Å². The molecule has 0 unspecified atom stereocenters. The average molecular weight is 487 g/mol. The second-order valence-corrected chi connectivity index (χ2v) is 10.2. The highest BCUT2D eigenvalue weighted by Crippen LogP contribution is 2.30. The Morgan fingerprint density at radius 2 is 2.06 bits per heavy atom. The number of carbonyl (C=O) groups is 2. The number of fused-ring (bicyclic) bond motifs is 1. The predicted molar refractivity (Wildman–Crippen MR) is 132 cm³/mol. The quantitative estimate of drug-likeness (QED) is 0.549. The highest BCUT2D eigenvalue weighted by atomic mass is 16.5. The highest BCUT2D eigenvalue weighted by Gasteiger charge is 2.35. The van der Waals surface area contributed by atoms with Gasteiger partial charge in [0.1, 0.15) is 17.3 Å². The van der Waals surface area contributed by atoms with E-state index in [4.69, 9.17) is 4.74 Å². The van der Waals surface area contributed by atoms with Crippen molar-refractivity contribution in [1.82, 2.24) is 20.1 Å². The van der Waals surface area contributed by atoms with Crippen molar-refractivity contribution in [2.75, 3.05) is 26.7 Å². The van der Waals surface area contributed by atoms with Crippen LogP contribution >= 0.6 is 0 Å². The lowest BCUT2D eigenvalue weighted by atomic mass is 9.99. The molecule has 0 saturated heterocycles. The maximum Gasteiger partial charge on any atom is 0.317 e. The first kappa shape index (κ1) is 26.8. The first-order valence-electron chi connectivity index (χ1n) is 12.4. The fourth-order valence-electron chi connectivity index (χ4n) is 4.37. The third-order valence-corrected chi connectivity index (χ3v) is 6.60. The van der Waals surface area contributed by atoms with Crippen molar-refractivity contribution in [3.63, 3.8) is 0 Å². The van der Waals surface area contributed by atoms with E-state index in [9.17, 15) is 19.8 Å². The summed E-state index contributed by atoms with van der Waals surface area (Å²) in [6.07, 6.45) is 4.27. The molecule has 3 amide bonds. The van der Waals surface area contributed by atoms with Crippen LogP contribution in [-0.4, -0.2) is 87.5 Å². The molecule has 2 heterocycles. The molecule has 1 aromatic rings. The molecule has 1 aliphatic heterocycles. The molecule has 1 aromatic heterocycles. The summed E-state index contributed by atoms with van der Waals surface area (Å²) in [5, 5.41) is 23.2. The number of urea groups is 1. The molecule has 0 spiro atoms. The summed E-state index contributed by atoms with van der Waals surface area (Å²) < 4.78 is 6.22. The van der Waals surface area contributed by atoms with Crippen molar-refractivity contribution in [3.8, 4) is 17.7 Å². The highest BCUT2D eigenvalue weighted by molar-refractivity contribution is 5.97. The Hall–Kier alpha value is -2.83. The summed E-state index contributed by atoms with van der Waals surface area (Å²) in [4.78, 5) is 33.6. The van der Waals surface area contributed by atoms with Crippen LogP contribution in [0.2, 0.25) is 0 Å². The van der Waals surface area contributed by atoms with Crippen LogP contribution < -0.4 is 10.1 Å². The van der Waals surface area contributed by atoms with Crippen LogP contribution in [0.25, 0.3) is 0 Å². The van der Waals surface area contributed by atoms with Gasteiger partial charge in [0.05, 0.1) is 19.2 Å². The molecule has 0 bridgehead atoms. The normalized spacial score (nSPS) is 22.3. The number of carbonyl (C=O) groups excluding carboxylic acids is 2. The summed E-state index contributed by atoms with van der Waals surface area (Å²) in [5.41, 5.74) is -0.234. The molecule has 1 fully saturated rings. The number of pyridine rings is 1. The van der Waals surface area contributed by atoms with Crippen LogP contribution in [0.15, 0.2) is 12.3 Å². The summed E-state index contributed by atoms with van der Waals surface area (Å²) in [5.74, 6) is 5.67. The third kappa shape index (κ3) is 6.65. The van der Waals surface area contributed by atoms with Gasteiger partial charge in [0.25, 0.3) is 5.91 Å². The molecule has 3 rings (SSSR count). The second kappa shape index (κ2) is 11.3. The summed E-state index contributed by atoms with van der Waals surface area (Å²) in [6, 6.07) is 1.02. The van der Waals surface area contributed by atoms with Crippen molar-refractivity contribution in [3.05, 3.63) is 23.4 Å². The van der Waals surface area contributed by atoms with Crippen LogP contribution in [0.1, 0.15) is 69.3 Å². The van der Waals surface area contributed by atoms with Gasteiger partial charge in [-0.3, -0.25) is 4.79 Å². The van der Waals surface area contributed by atoms with E-state index < -0.39 is 17.7 Å². The summed E-state index contributed by atoms with van der Waals surface area (Å²) in [7, 11) is 1.70. The lowest BCUT2D eigenvalue weighted by molar-refractivity contribution is 0.0351. The van der Waals surface area contributed by atoms with Crippen molar-refractivity contribution >= 4 is 11.9 Å². The van der Waals surface area contributed by atoms with Crippen molar-refractivity contribution in [2.45, 2.75) is 77.2 Å². The Kier molecular flexibility index (Phi) is 8.62. The van der Waals surface area contributed by atoms with Crippen LogP contribution in [0.4, 0.5) is 4.79 Å². The fraction of sp³-hybridized carbons (Fsp3) is 0.654. The van der Waals surface area contributed by atoms with Crippen LogP contribution in [0.3, 0.4) is 0 Å². The van der Waals surface area contributed by atoms with Crippen molar-refractivity contribution in [2.24, 2.45) is 5.92 Å². The number of nitrogens with one attached hydrogen (secondary N) is 1. The zero-order valence-corrected chi connectivity index (χ0v) is 21.4. The molecule has 9 nitrogen and oxygen atoms in total. The smallest absolute Gasteiger partial charge is 0.317 e. The lowest BCUT2D eigenvalue weighted by Crippen LogP contribution is -2.51. The van der Waals surface area contributed by atoms with Crippen LogP contribution in [0, 0.1) is 17.8 Å². The number of hydrogen-bond acceptors (Lipinski definition) is 6. The number of ether oxygens (including phenoxy) is 1. The number of rotatable bonds is 5. The van der Waals surface area contributed by atoms with Gasteiger partial charge < -0.3 is 30.1 Å². The summed E-state index contributed by atoms with van der Waals surface area (Å²) >= 11 is 0. The minimum Gasteiger partial charge on any atom is -0.472 e. The standard InChI is InChI=1S/C26H38N4O5/c1-17(2)28-25(33)29(5)15-22-18(3)14-30(19(4)16-31)24(32)21-12-20(13-27-23(21)35-22)8-11-26(34)9-6-7-10-26/h12-13,17-19,22,31,34H,6-7,9-10,14-16H2,1-5H3,(H,28,33)/t18-,19+,22+/m0/s1. The minimum absolute atomic E-state index is 0.00311. The molecule has 1 saturated carbocycles. The maximum absolute atomic E-state index is 13.5. The van der Waals surface area contributed by atoms with E-state index >= 15 is 0 Å². The number of nitrogens with zero attached hydrogens (tertiary/aromatic N) is 3. The number of likely N-dealkylation sites (N-methyl/N-ethyl adjacent to an activating group) is 1. The van der Waals surface area contributed by atoms with Gasteiger partial charge in [-0.1, -0.05) is 18.8 Å². The van der Waals surface area contributed by atoms with Crippen LogP contribution in [0.5, 0.6) is 5.88 Å². The van der Waals surface area contributed by atoms with E-state index in [-0.39, 0.29) is 41.9 Å². The number of aromatic nitrogens is 1. The van der Waals surface area contributed by atoms with Gasteiger partial charge in [-0.05, 0) is 52.5 Å². The van der Waals surface area contributed by atoms with Crippen LogP contribution in [-0.2, 0) is 0 Å². The molecule has 0 aromatic carbocycles. The molecular weight excluding hydrogens is 448 g/mol. The van der Waals surface area contributed by atoms with Gasteiger partial charge in [-0.2, -0.15) is 0 Å². The molecule has 1 aliphatic carbocycles. The fourth-order valence-corrected chi connectivity index (χ4v) is 4.37. The number of aliphatic hydroxyl groups excluding tert-OH is 1. The molecule has 9 heteroatoms. The molecule has 3 N–H and O–H groups in total. The Bertz CT molecular complexity index is 980. The van der Waals surface area contributed by atoms with Gasteiger partial charge in [0.2, 0.25) is 5.88 Å². The second-order valence-electron chi connectivity index (χ2n) is 10.2. The Balaban J connectivity index is 1.93. The average Bonchev–Trinajstić information content (AvgIpc) is 3.25. The zero-order valence-electron chi connectivity index (χ0n) is 21.4. The van der Waals surface area contributed by atoms with E-state index in [1.807, 2.05) is 20.8 Å². The van der Waals surface area contributed by atoms with E-state index in [1.165, 1.54) is 6.20 Å². The zero-order chi connectivity index (χ0) is 25.8. The largest absolute Gasteiger partial charge is 0.472 e. The van der Waals surface area contributed by atoms with E-state index in [0.29, 0.717) is 31.5 Å². The number of aliphatic hydroxyl groups is 2. The molecular formula is C26H38N4O5. The van der Waals surface area contributed by atoms with Gasteiger partial charge in [0.15, 0.2) is 0 Å². The maximum atomic E-state index is 13.5. The monoisotopic (exact) mass is 486 g/mol. The van der Waals surface area contributed by atoms with Gasteiger partial charge in [-0.25, -0.2) is 9.78 Å². The number of hydrogen-bond donors (Lipinski definition) is 3. The SMILES string of the molecule is CC(C)NC(=O)N(C)C[C@H]1Oc2ncc(C#CC3(O)CCCC3)cc2C(=O)N([C@H](C)CO)C[C@@H]1C. The minimum atomic E-state index is -0.996. The molecule has 2 aliphatic rings. The number of amides is 3. The Labute approximate surface area is 207 Å². The molecule has 3 atom stereocenters.